The Hall–Kier alpha value is -4.51. The fourth-order valence-electron chi connectivity index (χ4n) is 6.24. The van der Waals surface area contributed by atoms with E-state index in [9.17, 15) is 62.8 Å². The molecule has 4 unspecified atom stereocenters. The van der Waals surface area contributed by atoms with E-state index in [1.807, 2.05) is 17.1 Å². The number of thioether (sulfide) groups is 1. The number of amides is 6. The van der Waals surface area contributed by atoms with Crippen LogP contribution in [-0.4, -0.2) is 140 Å². The molecule has 0 aromatic carbocycles. The van der Waals surface area contributed by atoms with Crippen molar-refractivity contribution in [2.45, 2.75) is 138 Å². The van der Waals surface area contributed by atoms with Crippen molar-refractivity contribution in [1.82, 2.24) is 37.0 Å². The minimum atomic E-state index is -5.00. The first-order valence-electron chi connectivity index (χ1n) is 19.8. The standard InChI is InChI=1S/C35H58N7O16PS/c43-26(10-3-1-7-17-37-27(44)11-6-5-9-25-31-24(20-60-25)40-35(55)41-31)36-18-8-2-4-12-28(45)38-21(32(49)50)13-15-29(46)39-23(34(53)54)19-58-59(56,57)42-22(33(51)52)14-16-30(47)48/h21-25,31H,1-20H2,(H,36,43)(H,37,44)(H,38,45)(H,39,46)(H,47,48)(H,49,50)(H,51,52)(H,53,54)(H2,40,41,55)(H2,42,56,57)/t21-,22-,23-,24?,25?,31?/m0/s1. The predicted molar refractivity (Wildman–Crippen MR) is 212 cm³/mol. The Bertz CT molecular complexity index is 1560. The highest BCUT2D eigenvalue weighted by molar-refractivity contribution is 8.00. The largest absolute Gasteiger partial charge is 0.481 e. The summed E-state index contributed by atoms with van der Waals surface area (Å²) in [5.41, 5.74) is 0. The molecule has 0 bridgehead atoms. The van der Waals surface area contributed by atoms with Gasteiger partial charge in [0.2, 0.25) is 23.6 Å². The molecule has 2 heterocycles. The van der Waals surface area contributed by atoms with Gasteiger partial charge in [0.05, 0.1) is 18.7 Å². The molecule has 2 fully saturated rings. The van der Waals surface area contributed by atoms with E-state index >= 15 is 0 Å². The molecule has 25 heteroatoms. The van der Waals surface area contributed by atoms with E-state index in [-0.39, 0.29) is 36.3 Å². The van der Waals surface area contributed by atoms with Crippen LogP contribution in [-0.2, 0) is 47.4 Å². The van der Waals surface area contributed by atoms with E-state index < -0.39 is 93.9 Å². The van der Waals surface area contributed by atoms with Gasteiger partial charge in [0.1, 0.15) is 12.1 Å². The van der Waals surface area contributed by atoms with E-state index in [1.54, 1.807) is 5.09 Å². The second-order valence-electron chi connectivity index (χ2n) is 14.4. The average Bonchev–Trinajstić information content (AvgIpc) is 3.73. The molecule has 2 saturated heterocycles. The lowest BCUT2D eigenvalue weighted by atomic mass is 10.0. The van der Waals surface area contributed by atoms with E-state index in [2.05, 4.69) is 31.1 Å². The molecule has 0 aliphatic carbocycles. The quantitative estimate of drug-likeness (QED) is 0.0234. The normalized spacial score (nSPS) is 19.3. The van der Waals surface area contributed by atoms with Crippen molar-refractivity contribution < 1.29 is 77.6 Å². The highest BCUT2D eigenvalue weighted by Crippen LogP contribution is 2.38. The van der Waals surface area contributed by atoms with Crippen molar-refractivity contribution in [3.8, 4) is 0 Å². The van der Waals surface area contributed by atoms with Gasteiger partial charge in [-0.25, -0.2) is 24.0 Å². The molecule has 0 spiro atoms. The Morgan fingerprint density at radius 3 is 1.75 bits per heavy atom. The van der Waals surface area contributed by atoms with Crippen LogP contribution < -0.4 is 37.0 Å². The van der Waals surface area contributed by atoms with Crippen molar-refractivity contribution in [3.05, 3.63) is 0 Å². The maximum absolute atomic E-state index is 12.4. The number of carbonyl (C=O) groups is 9. The van der Waals surface area contributed by atoms with Crippen molar-refractivity contribution in [2.24, 2.45) is 0 Å². The zero-order valence-corrected chi connectivity index (χ0v) is 34.9. The first-order valence-corrected chi connectivity index (χ1v) is 22.5. The molecule has 0 aromatic heterocycles. The van der Waals surface area contributed by atoms with Crippen LogP contribution in [0.4, 0.5) is 4.79 Å². The number of aliphatic carboxylic acids is 4. The molecule has 60 heavy (non-hydrogen) atoms. The molecule has 340 valence electrons. The Balaban J connectivity index is 1.52. The van der Waals surface area contributed by atoms with Gasteiger partial charge in [-0.3, -0.25) is 33.3 Å². The van der Waals surface area contributed by atoms with Crippen molar-refractivity contribution in [1.29, 1.82) is 0 Å². The van der Waals surface area contributed by atoms with E-state index in [1.165, 1.54) is 0 Å². The molecule has 6 amide bonds. The van der Waals surface area contributed by atoms with Crippen molar-refractivity contribution >= 4 is 73.0 Å². The number of unbranched alkanes of at least 4 members (excludes halogenated alkanes) is 5. The summed E-state index contributed by atoms with van der Waals surface area (Å²) in [5.74, 6) is -7.02. The summed E-state index contributed by atoms with van der Waals surface area (Å²) in [6.07, 6.45) is 4.82. The number of carboxylic acid groups (broad SMARTS) is 4. The van der Waals surface area contributed by atoms with E-state index in [0.29, 0.717) is 56.9 Å². The predicted octanol–water partition coefficient (Wildman–Crippen LogP) is 0.00900. The molecule has 0 radical (unpaired) electrons. The maximum atomic E-state index is 12.4. The van der Waals surface area contributed by atoms with Crippen LogP contribution in [0.1, 0.15) is 103 Å². The zero-order valence-electron chi connectivity index (χ0n) is 33.2. The van der Waals surface area contributed by atoms with Gasteiger partial charge in [-0.05, 0) is 51.4 Å². The van der Waals surface area contributed by atoms with Crippen LogP contribution in [0.5, 0.6) is 0 Å². The molecular weight excluding hydrogens is 837 g/mol. The van der Waals surface area contributed by atoms with Crippen LogP contribution in [0.2, 0.25) is 0 Å². The SMILES string of the molecule is O=C(O)CC[C@H](NP(=O)(O)OC[C@H](NC(=O)CC[C@H](NC(=O)CCCCCNC(=O)CCCCCNC(=O)CCCCC1SCC2NC(=O)NC21)C(=O)O)C(=O)O)C(=O)O. The summed E-state index contributed by atoms with van der Waals surface area (Å²) < 4.78 is 16.8. The third kappa shape index (κ3) is 21.7. The Morgan fingerprint density at radius 1 is 0.667 bits per heavy atom. The molecule has 2 rings (SSSR count). The van der Waals surface area contributed by atoms with Gasteiger partial charge >= 0.3 is 37.7 Å². The molecule has 0 aromatic rings. The lowest BCUT2D eigenvalue weighted by Crippen LogP contribution is -2.46. The van der Waals surface area contributed by atoms with Gasteiger partial charge in [0.25, 0.3) is 0 Å². The van der Waals surface area contributed by atoms with Gasteiger partial charge in [-0.1, -0.05) is 19.3 Å². The topological polar surface area (TPSA) is 365 Å². The summed E-state index contributed by atoms with van der Waals surface area (Å²) in [6.45, 7) is -0.193. The number of carbonyl (C=O) groups excluding carboxylic acids is 5. The highest BCUT2D eigenvalue weighted by Gasteiger charge is 2.42. The summed E-state index contributed by atoms with van der Waals surface area (Å²) in [5, 5.41) is 54.7. The molecule has 23 nitrogen and oxygen atoms in total. The molecular formula is C35H58N7O16PS. The lowest BCUT2D eigenvalue weighted by molar-refractivity contribution is -0.144. The second-order valence-corrected chi connectivity index (χ2v) is 17.2. The first-order chi connectivity index (χ1) is 28.4. The van der Waals surface area contributed by atoms with E-state index in [4.69, 9.17) is 10.2 Å². The first kappa shape index (κ1) is 51.6. The smallest absolute Gasteiger partial charge is 0.403 e. The third-order valence-electron chi connectivity index (χ3n) is 9.49. The number of hydrogen-bond donors (Lipinski definition) is 12. The Labute approximate surface area is 350 Å². The van der Waals surface area contributed by atoms with Crippen molar-refractivity contribution in [2.75, 3.05) is 25.4 Å². The van der Waals surface area contributed by atoms with Gasteiger partial charge in [0.15, 0.2) is 6.04 Å². The van der Waals surface area contributed by atoms with Crippen LogP contribution in [0.25, 0.3) is 0 Å². The van der Waals surface area contributed by atoms with Gasteiger partial charge in [0, 0.05) is 56.2 Å². The number of nitrogens with one attached hydrogen (secondary N) is 7. The van der Waals surface area contributed by atoms with Crippen LogP contribution >= 0.6 is 19.5 Å². The number of carboxylic acids is 4. The number of fused-ring (bicyclic) bond motifs is 1. The molecule has 7 atom stereocenters. The van der Waals surface area contributed by atoms with Crippen LogP contribution in [0.15, 0.2) is 0 Å². The van der Waals surface area contributed by atoms with Crippen LogP contribution in [0.3, 0.4) is 0 Å². The minimum Gasteiger partial charge on any atom is -0.481 e. The maximum Gasteiger partial charge on any atom is 0.403 e. The van der Waals surface area contributed by atoms with Crippen molar-refractivity contribution in [3.63, 3.8) is 0 Å². The monoisotopic (exact) mass is 895 g/mol. The highest BCUT2D eigenvalue weighted by atomic mass is 32.2. The van der Waals surface area contributed by atoms with Gasteiger partial charge in [-0.2, -0.15) is 11.8 Å². The minimum absolute atomic E-state index is 0.00312. The molecule has 12 N–H and O–H groups in total. The number of rotatable bonds is 33. The molecule has 0 saturated carbocycles. The third-order valence-corrected chi connectivity index (χ3v) is 12.1. The number of urea groups is 1. The molecule has 2 aliphatic heterocycles. The number of hydrogen-bond acceptors (Lipinski definition) is 12. The summed E-state index contributed by atoms with van der Waals surface area (Å²) >= 11 is 1.86. The lowest BCUT2D eigenvalue weighted by Gasteiger charge is -2.21. The molecule has 2 aliphatic rings. The average molecular weight is 896 g/mol. The fourth-order valence-corrected chi connectivity index (χ4v) is 8.85. The van der Waals surface area contributed by atoms with Gasteiger partial charge < -0.3 is 57.2 Å². The summed E-state index contributed by atoms with van der Waals surface area (Å²) in [6, 6.07) is -4.99. The zero-order chi connectivity index (χ0) is 44.7. The summed E-state index contributed by atoms with van der Waals surface area (Å²) in [7, 11) is -5.00. The Kier molecular flexibility index (Phi) is 23.5. The van der Waals surface area contributed by atoms with Crippen LogP contribution in [0, 0.1) is 0 Å². The van der Waals surface area contributed by atoms with Gasteiger partial charge in [-0.15, -0.1) is 0 Å². The summed E-state index contributed by atoms with van der Waals surface area (Å²) in [4.78, 5) is 116. The second kappa shape index (κ2) is 27.4. The fraction of sp³-hybridized carbons (Fsp3) is 0.743. The Morgan fingerprint density at radius 2 is 1.18 bits per heavy atom. The van der Waals surface area contributed by atoms with E-state index in [0.717, 1.165) is 37.9 Å².